The number of rotatable bonds is 2. The van der Waals surface area contributed by atoms with E-state index in [-0.39, 0.29) is 5.02 Å². The van der Waals surface area contributed by atoms with Crippen LogP contribution in [0.4, 0.5) is 10.1 Å². The Morgan fingerprint density at radius 2 is 2.00 bits per heavy atom. The van der Waals surface area contributed by atoms with Crippen molar-refractivity contribution in [3.63, 3.8) is 0 Å². The Hall–Kier alpha value is -2.47. The van der Waals surface area contributed by atoms with E-state index in [0.29, 0.717) is 17.2 Å². The predicted molar refractivity (Wildman–Crippen MR) is 78.7 cm³/mol. The van der Waals surface area contributed by atoms with Gasteiger partial charge in [-0.3, -0.25) is 0 Å². The summed E-state index contributed by atoms with van der Waals surface area (Å²) in [6.45, 7) is 1.92. The minimum absolute atomic E-state index is 0.0166. The van der Waals surface area contributed by atoms with Crippen molar-refractivity contribution in [1.82, 2.24) is 20.2 Å². The van der Waals surface area contributed by atoms with Gasteiger partial charge in [-0.25, -0.2) is 4.39 Å². The van der Waals surface area contributed by atoms with Crippen LogP contribution in [0.15, 0.2) is 36.4 Å². The summed E-state index contributed by atoms with van der Waals surface area (Å²) in [5.74, 6) is 0.0499. The van der Waals surface area contributed by atoms with Crippen LogP contribution < -0.4 is 5.73 Å². The molecule has 0 radical (unpaired) electrons. The maximum atomic E-state index is 13.3. The molecule has 3 rings (SSSR count). The quantitative estimate of drug-likeness (QED) is 0.739. The lowest BCUT2D eigenvalue weighted by atomic mass is 10.1. The van der Waals surface area contributed by atoms with Gasteiger partial charge in [0.15, 0.2) is 5.82 Å². The van der Waals surface area contributed by atoms with Gasteiger partial charge in [0.1, 0.15) is 5.82 Å². The molecule has 0 saturated carbocycles. The molecule has 0 unspecified atom stereocenters. The molecule has 1 aromatic heterocycles. The third kappa shape index (κ3) is 2.45. The first-order chi connectivity index (χ1) is 10.1. The number of tetrazole rings is 1. The number of nitrogens with zero attached hydrogens (tertiary/aromatic N) is 4. The highest BCUT2D eigenvalue weighted by Gasteiger charge is 2.14. The Morgan fingerprint density at radius 3 is 2.71 bits per heavy atom. The number of anilines is 1. The van der Waals surface area contributed by atoms with Crippen LogP contribution in [-0.4, -0.2) is 20.2 Å². The Labute approximate surface area is 125 Å². The smallest absolute Gasteiger partial charge is 0.187 e. The van der Waals surface area contributed by atoms with E-state index in [1.165, 1.54) is 16.8 Å². The lowest BCUT2D eigenvalue weighted by molar-refractivity contribution is 0.627. The summed E-state index contributed by atoms with van der Waals surface area (Å²) in [6, 6.07) is 9.78. The third-order valence-electron chi connectivity index (χ3n) is 3.11. The van der Waals surface area contributed by atoms with E-state index in [4.69, 9.17) is 17.3 Å². The number of benzene rings is 2. The first-order valence-corrected chi connectivity index (χ1v) is 6.54. The SMILES string of the molecule is Cc1cc(N)ccc1-c1nnnn1-c1ccc(F)c(Cl)c1. The molecule has 0 saturated heterocycles. The molecule has 0 amide bonds. The highest BCUT2D eigenvalue weighted by atomic mass is 35.5. The summed E-state index contributed by atoms with van der Waals surface area (Å²) in [6.07, 6.45) is 0. The highest BCUT2D eigenvalue weighted by Crippen LogP contribution is 2.26. The molecule has 1 heterocycles. The molecular formula is C14H11ClFN5. The van der Waals surface area contributed by atoms with Gasteiger partial charge in [-0.2, -0.15) is 4.68 Å². The normalized spacial score (nSPS) is 10.8. The number of hydrogen-bond donors (Lipinski definition) is 1. The summed E-state index contributed by atoms with van der Waals surface area (Å²) in [4.78, 5) is 0. The average Bonchev–Trinajstić information content (AvgIpc) is 2.91. The van der Waals surface area contributed by atoms with Crippen LogP contribution in [0.3, 0.4) is 0 Å². The van der Waals surface area contributed by atoms with Gasteiger partial charge < -0.3 is 5.73 Å². The molecule has 2 aromatic carbocycles. The molecular weight excluding hydrogens is 293 g/mol. The Balaban J connectivity index is 2.14. The molecule has 2 N–H and O–H groups in total. The van der Waals surface area contributed by atoms with Crippen molar-refractivity contribution < 1.29 is 4.39 Å². The Morgan fingerprint density at radius 1 is 1.19 bits per heavy atom. The summed E-state index contributed by atoms with van der Waals surface area (Å²) in [7, 11) is 0. The molecule has 7 heteroatoms. The van der Waals surface area contributed by atoms with Crippen LogP contribution in [0.1, 0.15) is 5.56 Å². The van der Waals surface area contributed by atoms with Gasteiger partial charge in [-0.15, -0.1) is 5.10 Å². The van der Waals surface area contributed by atoms with Gasteiger partial charge in [-0.05, 0) is 59.3 Å². The molecule has 0 aliphatic carbocycles. The monoisotopic (exact) mass is 303 g/mol. The highest BCUT2D eigenvalue weighted by molar-refractivity contribution is 6.30. The molecule has 0 spiro atoms. The fourth-order valence-corrected chi connectivity index (χ4v) is 2.26. The number of hydrogen-bond acceptors (Lipinski definition) is 4. The molecule has 3 aromatic rings. The zero-order chi connectivity index (χ0) is 15.0. The average molecular weight is 304 g/mol. The molecule has 0 atom stereocenters. The van der Waals surface area contributed by atoms with Crippen molar-refractivity contribution in [2.75, 3.05) is 5.73 Å². The summed E-state index contributed by atoms with van der Waals surface area (Å²) in [5, 5.41) is 11.7. The van der Waals surface area contributed by atoms with E-state index in [9.17, 15) is 4.39 Å². The molecule has 0 aliphatic rings. The maximum Gasteiger partial charge on any atom is 0.187 e. The van der Waals surface area contributed by atoms with Gasteiger partial charge in [0.05, 0.1) is 10.7 Å². The van der Waals surface area contributed by atoms with Gasteiger partial charge >= 0.3 is 0 Å². The van der Waals surface area contributed by atoms with Crippen LogP contribution in [-0.2, 0) is 0 Å². The van der Waals surface area contributed by atoms with Gasteiger partial charge in [0.2, 0.25) is 0 Å². The van der Waals surface area contributed by atoms with E-state index in [2.05, 4.69) is 15.5 Å². The second-order valence-corrected chi connectivity index (χ2v) is 4.99. The maximum absolute atomic E-state index is 13.3. The van der Waals surface area contributed by atoms with E-state index >= 15 is 0 Å². The van der Waals surface area contributed by atoms with E-state index in [0.717, 1.165) is 11.1 Å². The fourth-order valence-electron chi connectivity index (χ4n) is 2.08. The molecule has 21 heavy (non-hydrogen) atoms. The predicted octanol–water partition coefficient (Wildman–Crippen LogP) is 3.01. The minimum Gasteiger partial charge on any atom is -0.399 e. The first kappa shape index (κ1) is 13.5. The van der Waals surface area contributed by atoms with Crippen LogP contribution in [0, 0.1) is 12.7 Å². The largest absolute Gasteiger partial charge is 0.399 e. The lowest BCUT2D eigenvalue weighted by Crippen LogP contribution is -2.01. The summed E-state index contributed by atoms with van der Waals surface area (Å²) in [5.41, 5.74) is 8.78. The van der Waals surface area contributed by atoms with E-state index in [1.54, 1.807) is 12.1 Å². The number of aromatic nitrogens is 4. The van der Waals surface area contributed by atoms with E-state index in [1.807, 2.05) is 19.1 Å². The van der Waals surface area contributed by atoms with E-state index < -0.39 is 5.82 Å². The zero-order valence-corrected chi connectivity index (χ0v) is 11.8. The van der Waals surface area contributed by atoms with Crippen LogP contribution in [0.25, 0.3) is 17.1 Å². The van der Waals surface area contributed by atoms with Crippen molar-refractivity contribution in [3.8, 4) is 17.1 Å². The Bertz CT molecular complexity index is 815. The van der Waals surface area contributed by atoms with Crippen LogP contribution in [0.5, 0.6) is 0 Å². The number of nitrogen functional groups attached to an aromatic ring is 1. The van der Waals surface area contributed by atoms with Gasteiger partial charge in [-0.1, -0.05) is 11.6 Å². The lowest BCUT2D eigenvalue weighted by Gasteiger charge is -2.08. The van der Waals surface area contributed by atoms with Crippen molar-refractivity contribution in [2.45, 2.75) is 6.92 Å². The van der Waals surface area contributed by atoms with Crippen molar-refractivity contribution >= 4 is 17.3 Å². The molecule has 0 aliphatic heterocycles. The zero-order valence-electron chi connectivity index (χ0n) is 11.1. The second-order valence-electron chi connectivity index (χ2n) is 4.59. The molecule has 5 nitrogen and oxygen atoms in total. The summed E-state index contributed by atoms with van der Waals surface area (Å²) < 4.78 is 14.8. The minimum atomic E-state index is -0.487. The fraction of sp³-hybridized carbons (Fsp3) is 0.0714. The number of aryl methyl sites for hydroxylation is 1. The number of halogens is 2. The standard InChI is InChI=1S/C14H11ClFN5/c1-8-6-9(17)2-4-11(8)14-18-19-20-21(14)10-3-5-13(16)12(15)7-10/h2-7H,17H2,1H3. The van der Waals surface area contributed by atoms with Gasteiger partial charge in [0.25, 0.3) is 0 Å². The molecule has 0 bridgehead atoms. The summed E-state index contributed by atoms with van der Waals surface area (Å²) >= 11 is 5.81. The van der Waals surface area contributed by atoms with Crippen molar-refractivity contribution in [3.05, 3.63) is 52.8 Å². The Kier molecular flexibility index (Phi) is 3.31. The van der Waals surface area contributed by atoms with Crippen LogP contribution in [0.2, 0.25) is 5.02 Å². The van der Waals surface area contributed by atoms with Crippen LogP contribution >= 0.6 is 11.6 Å². The van der Waals surface area contributed by atoms with Crippen molar-refractivity contribution in [1.29, 1.82) is 0 Å². The molecule has 0 fully saturated rings. The van der Waals surface area contributed by atoms with Crippen molar-refractivity contribution in [2.24, 2.45) is 0 Å². The number of nitrogens with two attached hydrogens (primary N) is 1. The second kappa shape index (κ2) is 5.14. The first-order valence-electron chi connectivity index (χ1n) is 6.16. The topological polar surface area (TPSA) is 69.6 Å². The van der Waals surface area contributed by atoms with Gasteiger partial charge in [0, 0.05) is 11.3 Å². The molecule has 106 valence electrons. The third-order valence-corrected chi connectivity index (χ3v) is 3.40.